The minimum atomic E-state index is 0.238. The highest BCUT2D eigenvalue weighted by molar-refractivity contribution is 5.45. The van der Waals surface area contributed by atoms with Gasteiger partial charge in [0, 0.05) is 12.1 Å². The van der Waals surface area contributed by atoms with E-state index >= 15 is 0 Å². The minimum absolute atomic E-state index is 0.238. The van der Waals surface area contributed by atoms with Gasteiger partial charge in [-0.2, -0.15) is 0 Å². The van der Waals surface area contributed by atoms with Crippen LogP contribution < -0.4 is 10.1 Å². The third kappa shape index (κ3) is 3.57. The topological polar surface area (TPSA) is 21.3 Å². The third-order valence-electron chi connectivity index (χ3n) is 4.02. The van der Waals surface area contributed by atoms with Crippen LogP contribution in [0.2, 0.25) is 0 Å². The summed E-state index contributed by atoms with van der Waals surface area (Å²) in [5, 5.41) is 3.48. The van der Waals surface area contributed by atoms with E-state index in [1.54, 1.807) is 0 Å². The van der Waals surface area contributed by atoms with E-state index in [2.05, 4.69) is 54.7 Å². The van der Waals surface area contributed by atoms with Gasteiger partial charge in [0.2, 0.25) is 0 Å². The van der Waals surface area contributed by atoms with Crippen molar-refractivity contribution in [3.8, 4) is 5.75 Å². The van der Waals surface area contributed by atoms with E-state index in [4.69, 9.17) is 4.74 Å². The van der Waals surface area contributed by atoms with Crippen LogP contribution in [0, 0.1) is 0 Å². The normalized spacial score (nSPS) is 16.3. The van der Waals surface area contributed by atoms with Crippen molar-refractivity contribution >= 4 is 5.69 Å². The number of fused-ring (bicyclic) bond motifs is 1. The fraction of sp³-hybridized carbons (Fsp3) is 0.368. The molecular weight excluding hydrogens is 258 g/mol. The standard InChI is InChI=1S/C19H23NO/c1-2-3-6-15-9-11-17(12-10-15)20-14-18-13-16-7-4-5-8-19(16)21-18/h4-5,7-12,18,20H,2-3,6,13-14H2,1H3. The first-order valence-corrected chi connectivity index (χ1v) is 7.92. The van der Waals surface area contributed by atoms with Gasteiger partial charge in [-0.1, -0.05) is 43.7 Å². The SMILES string of the molecule is CCCCc1ccc(NCC2Cc3ccccc3O2)cc1. The highest BCUT2D eigenvalue weighted by atomic mass is 16.5. The van der Waals surface area contributed by atoms with Crippen molar-refractivity contribution in [1.29, 1.82) is 0 Å². The van der Waals surface area contributed by atoms with Crippen molar-refractivity contribution in [1.82, 2.24) is 0 Å². The molecule has 1 atom stereocenters. The molecule has 1 aliphatic heterocycles. The lowest BCUT2D eigenvalue weighted by Crippen LogP contribution is -2.23. The highest BCUT2D eigenvalue weighted by Crippen LogP contribution is 2.28. The number of hydrogen-bond donors (Lipinski definition) is 1. The zero-order chi connectivity index (χ0) is 14.5. The zero-order valence-corrected chi connectivity index (χ0v) is 12.6. The number of nitrogens with one attached hydrogen (secondary N) is 1. The number of aryl methyl sites for hydroxylation is 1. The van der Waals surface area contributed by atoms with Crippen LogP contribution in [0.3, 0.4) is 0 Å². The average molecular weight is 281 g/mol. The molecule has 3 rings (SSSR count). The molecule has 0 fully saturated rings. The molecule has 1 N–H and O–H groups in total. The van der Waals surface area contributed by atoms with Crippen molar-refractivity contribution in [3.63, 3.8) is 0 Å². The molecule has 0 aromatic heterocycles. The summed E-state index contributed by atoms with van der Waals surface area (Å²) in [5.41, 5.74) is 3.92. The highest BCUT2D eigenvalue weighted by Gasteiger charge is 2.21. The summed E-state index contributed by atoms with van der Waals surface area (Å²) >= 11 is 0. The lowest BCUT2D eigenvalue weighted by atomic mass is 10.1. The Morgan fingerprint density at radius 3 is 2.67 bits per heavy atom. The molecule has 0 radical (unpaired) electrons. The number of rotatable bonds is 6. The fourth-order valence-corrected chi connectivity index (χ4v) is 2.77. The van der Waals surface area contributed by atoms with Gasteiger partial charge in [0.05, 0.1) is 6.54 Å². The van der Waals surface area contributed by atoms with E-state index in [-0.39, 0.29) is 6.10 Å². The van der Waals surface area contributed by atoms with Crippen molar-refractivity contribution < 1.29 is 4.74 Å². The van der Waals surface area contributed by atoms with Gasteiger partial charge in [-0.3, -0.25) is 0 Å². The van der Waals surface area contributed by atoms with Gasteiger partial charge in [0.1, 0.15) is 11.9 Å². The Hall–Kier alpha value is -1.96. The van der Waals surface area contributed by atoms with E-state index in [0.29, 0.717) is 0 Å². The van der Waals surface area contributed by atoms with Crippen molar-refractivity contribution in [2.45, 2.75) is 38.7 Å². The zero-order valence-electron chi connectivity index (χ0n) is 12.6. The molecule has 1 heterocycles. The Morgan fingerprint density at radius 1 is 1.10 bits per heavy atom. The maximum absolute atomic E-state index is 5.94. The Kier molecular flexibility index (Phi) is 4.44. The molecule has 0 aliphatic carbocycles. The lowest BCUT2D eigenvalue weighted by Gasteiger charge is -2.13. The van der Waals surface area contributed by atoms with Gasteiger partial charge in [0.15, 0.2) is 0 Å². The first-order chi connectivity index (χ1) is 10.3. The summed E-state index contributed by atoms with van der Waals surface area (Å²) in [6.45, 7) is 3.08. The van der Waals surface area contributed by atoms with Gasteiger partial charge in [-0.15, -0.1) is 0 Å². The van der Waals surface area contributed by atoms with Gasteiger partial charge in [0.25, 0.3) is 0 Å². The molecule has 2 aromatic rings. The van der Waals surface area contributed by atoms with Gasteiger partial charge >= 0.3 is 0 Å². The Bertz CT molecular complexity index is 551. The summed E-state index contributed by atoms with van der Waals surface area (Å²) in [5.74, 6) is 1.04. The molecule has 110 valence electrons. The van der Waals surface area contributed by atoms with Crippen LogP contribution in [-0.4, -0.2) is 12.6 Å². The maximum atomic E-state index is 5.94. The van der Waals surface area contributed by atoms with Gasteiger partial charge in [-0.25, -0.2) is 0 Å². The van der Waals surface area contributed by atoms with Crippen molar-refractivity contribution in [2.24, 2.45) is 0 Å². The fourth-order valence-electron chi connectivity index (χ4n) is 2.77. The van der Waals surface area contributed by atoms with Crippen LogP contribution in [-0.2, 0) is 12.8 Å². The number of anilines is 1. The van der Waals surface area contributed by atoms with E-state index in [1.807, 2.05) is 6.07 Å². The Balaban J connectivity index is 1.50. The minimum Gasteiger partial charge on any atom is -0.488 e. The molecule has 1 aliphatic rings. The van der Waals surface area contributed by atoms with E-state index in [0.717, 1.165) is 18.7 Å². The van der Waals surface area contributed by atoms with Gasteiger partial charge < -0.3 is 10.1 Å². The summed E-state index contributed by atoms with van der Waals surface area (Å²) in [7, 11) is 0. The number of benzene rings is 2. The number of hydrogen-bond acceptors (Lipinski definition) is 2. The van der Waals surface area contributed by atoms with Crippen LogP contribution in [0.15, 0.2) is 48.5 Å². The van der Waals surface area contributed by atoms with Crippen molar-refractivity contribution in [3.05, 3.63) is 59.7 Å². The van der Waals surface area contributed by atoms with E-state index in [1.165, 1.54) is 36.1 Å². The van der Waals surface area contributed by atoms with Gasteiger partial charge in [-0.05, 0) is 42.2 Å². The second kappa shape index (κ2) is 6.66. The smallest absolute Gasteiger partial charge is 0.123 e. The molecule has 21 heavy (non-hydrogen) atoms. The van der Waals surface area contributed by atoms with Crippen LogP contribution in [0.5, 0.6) is 5.75 Å². The summed E-state index contributed by atoms with van der Waals surface area (Å²) < 4.78 is 5.94. The predicted octanol–water partition coefficient (Wildman–Crippen LogP) is 4.44. The number of unbranched alkanes of at least 4 members (excludes halogenated alkanes) is 1. The second-order valence-corrected chi connectivity index (χ2v) is 5.73. The van der Waals surface area contributed by atoms with E-state index in [9.17, 15) is 0 Å². The molecule has 2 heteroatoms. The summed E-state index contributed by atoms with van der Waals surface area (Å²) in [6, 6.07) is 17.1. The third-order valence-corrected chi connectivity index (χ3v) is 4.02. The van der Waals surface area contributed by atoms with E-state index < -0.39 is 0 Å². The van der Waals surface area contributed by atoms with Crippen LogP contribution >= 0.6 is 0 Å². The molecule has 2 nitrogen and oxygen atoms in total. The Morgan fingerprint density at radius 2 is 1.90 bits per heavy atom. The lowest BCUT2D eigenvalue weighted by molar-refractivity contribution is 0.246. The Labute approximate surface area is 127 Å². The first kappa shape index (κ1) is 14.0. The second-order valence-electron chi connectivity index (χ2n) is 5.73. The monoisotopic (exact) mass is 281 g/mol. The molecule has 0 amide bonds. The summed E-state index contributed by atoms with van der Waals surface area (Å²) in [6.07, 6.45) is 4.93. The van der Waals surface area contributed by atoms with Crippen LogP contribution in [0.4, 0.5) is 5.69 Å². The summed E-state index contributed by atoms with van der Waals surface area (Å²) in [4.78, 5) is 0. The first-order valence-electron chi connectivity index (χ1n) is 7.92. The average Bonchev–Trinajstić information content (AvgIpc) is 2.95. The molecule has 1 unspecified atom stereocenters. The molecule has 0 bridgehead atoms. The molecule has 0 saturated heterocycles. The largest absolute Gasteiger partial charge is 0.488 e. The van der Waals surface area contributed by atoms with Crippen molar-refractivity contribution in [2.75, 3.05) is 11.9 Å². The predicted molar refractivity (Wildman–Crippen MR) is 88.1 cm³/mol. The number of para-hydroxylation sites is 1. The molecular formula is C19H23NO. The number of ether oxygens (including phenoxy) is 1. The molecule has 0 saturated carbocycles. The maximum Gasteiger partial charge on any atom is 0.123 e. The van der Waals surface area contributed by atoms with Crippen LogP contribution in [0.25, 0.3) is 0 Å². The molecule has 2 aromatic carbocycles. The molecule has 0 spiro atoms. The van der Waals surface area contributed by atoms with Crippen LogP contribution in [0.1, 0.15) is 30.9 Å². The quantitative estimate of drug-likeness (QED) is 0.845.